The Morgan fingerprint density at radius 1 is 1.19 bits per heavy atom. The van der Waals surface area contributed by atoms with Gasteiger partial charge in [-0.2, -0.15) is 4.31 Å². The van der Waals surface area contributed by atoms with Crippen molar-refractivity contribution in [1.29, 1.82) is 0 Å². The van der Waals surface area contributed by atoms with Crippen LogP contribution < -0.4 is 5.73 Å². The SMILES string of the molecule is Cc1cc(C)c(S(=O)(=O)N2CCC(N)C(C)(C)C2)c(C)c1. The summed E-state index contributed by atoms with van der Waals surface area (Å²) in [4.78, 5) is 0.458. The Hall–Kier alpha value is -0.910. The number of aryl methyl sites for hydroxylation is 3. The Kier molecular flexibility index (Phi) is 4.21. The molecule has 1 heterocycles. The average Bonchev–Trinajstić information content (AvgIpc) is 2.30. The smallest absolute Gasteiger partial charge is 0.243 e. The molecule has 0 aromatic heterocycles. The molecule has 1 atom stereocenters. The maximum Gasteiger partial charge on any atom is 0.243 e. The minimum Gasteiger partial charge on any atom is -0.327 e. The lowest BCUT2D eigenvalue weighted by molar-refractivity contribution is 0.155. The van der Waals surface area contributed by atoms with E-state index < -0.39 is 10.0 Å². The Morgan fingerprint density at radius 2 is 1.71 bits per heavy atom. The van der Waals surface area contributed by atoms with E-state index in [0.29, 0.717) is 24.4 Å². The van der Waals surface area contributed by atoms with Gasteiger partial charge in [0.05, 0.1) is 4.90 Å². The summed E-state index contributed by atoms with van der Waals surface area (Å²) in [6.07, 6.45) is 0.705. The molecule has 0 bridgehead atoms. The molecule has 1 unspecified atom stereocenters. The van der Waals surface area contributed by atoms with E-state index in [0.717, 1.165) is 16.7 Å². The molecule has 2 rings (SSSR count). The molecule has 0 spiro atoms. The van der Waals surface area contributed by atoms with Crippen LogP contribution in [0.25, 0.3) is 0 Å². The van der Waals surface area contributed by atoms with Gasteiger partial charge in [-0.15, -0.1) is 0 Å². The topological polar surface area (TPSA) is 63.4 Å². The molecule has 5 heteroatoms. The van der Waals surface area contributed by atoms with Crippen LogP contribution in [-0.4, -0.2) is 31.9 Å². The van der Waals surface area contributed by atoms with Gasteiger partial charge in [-0.3, -0.25) is 0 Å². The van der Waals surface area contributed by atoms with Crippen molar-refractivity contribution in [3.8, 4) is 0 Å². The van der Waals surface area contributed by atoms with Crippen LogP contribution in [0.3, 0.4) is 0 Å². The summed E-state index contributed by atoms with van der Waals surface area (Å²) in [5.41, 5.74) is 8.65. The van der Waals surface area contributed by atoms with Crippen molar-refractivity contribution in [2.75, 3.05) is 13.1 Å². The maximum absolute atomic E-state index is 13.0. The number of sulfonamides is 1. The molecular formula is C16H26N2O2S. The van der Waals surface area contributed by atoms with Crippen molar-refractivity contribution >= 4 is 10.0 Å². The highest BCUT2D eigenvalue weighted by Crippen LogP contribution is 2.33. The molecule has 4 nitrogen and oxygen atoms in total. The molecule has 1 saturated heterocycles. The van der Waals surface area contributed by atoms with Crippen LogP contribution in [0.1, 0.15) is 37.0 Å². The predicted molar refractivity (Wildman–Crippen MR) is 85.8 cm³/mol. The fourth-order valence-corrected chi connectivity index (χ4v) is 5.27. The lowest BCUT2D eigenvalue weighted by Crippen LogP contribution is -2.54. The number of hydrogen-bond acceptors (Lipinski definition) is 3. The first-order valence-electron chi connectivity index (χ1n) is 7.39. The highest BCUT2D eigenvalue weighted by molar-refractivity contribution is 7.89. The quantitative estimate of drug-likeness (QED) is 0.912. The van der Waals surface area contributed by atoms with Crippen LogP contribution in [0.4, 0.5) is 0 Å². The van der Waals surface area contributed by atoms with Crippen LogP contribution in [0.2, 0.25) is 0 Å². The summed E-state index contributed by atoms with van der Waals surface area (Å²) in [6.45, 7) is 10.8. The van der Waals surface area contributed by atoms with Crippen molar-refractivity contribution in [3.05, 3.63) is 28.8 Å². The van der Waals surface area contributed by atoms with Gasteiger partial charge in [-0.1, -0.05) is 31.5 Å². The molecule has 1 aromatic carbocycles. The van der Waals surface area contributed by atoms with Gasteiger partial charge in [0.25, 0.3) is 0 Å². The van der Waals surface area contributed by atoms with E-state index in [4.69, 9.17) is 5.73 Å². The van der Waals surface area contributed by atoms with Gasteiger partial charge < -0.3 is 5.73 Å². The van der Waals surface area contributed by atoms with Gasteiger partial charge in [0.15, 0.2) is 0 Å². The minimum absolute atomic E-state index is 0.0455. The van der Waals surface area contributed by atoms with E-state index >= 15 is 0 Å². The molecule has 2 N–H and O–H groups in total. The molecule has 0 amide bonds. The zero-order chi connectivity index (χ0) is 16.0. The van der Waals surface area contributed by atoms with Gasteiger partial charge in [0.2, 0.25) is 10.0 Å². The fraction of sp³-hybridized carbons (Fsp3) is 0.625. The minimum atomic E-state index is -3.46. The van der Waals surface area contributed by atoms with E-state index in [1.807, 2.05) is 46.8 Å². The Labute approximate surface area is 128 Å². The van der Waals surface area contributed by atoms with E-state index in [1.165, 1.54) is 0 Å². The number of nitrogens with zero attached hydrogens (tertiary/aromatic N) is 1. The number of benzene rings is 1. The molecule has 1 aromatic rings. The van der Waals surface area contributed by atoms with Crippen LogP contribution in [0, 0.1) is 26.2 Å². The first kappa shape index (κ1) is 16.5. The summed E-state index contributed by atoms with van der Waals surface area (Å²) in [5.74, 6) is 0. The summed E-state index contributed by atoms with van der Waals surface area (Å²) >= 11 is 0. The van der Waals surface area contributed by atoms with Gasteiger partial charge >= 0.3 is 0 Å². The van der Waals surface area contributed by atoms with Crippen LogP contribution >= 0.6 is 0 Å². The van der Waals surface area contributed by atoms with Gasteiger partial charge in [-0.05, 0) is 43.7 Å². The maximum atomic E-state index is 13.0. The third kappa shape index (κ3) is 3.00. The van der Waals surface area contributed by atoms with Gasteiger partial charge in [-0.25, -0.2) is 8.42 Å². The summed E-state index contributed by atoms with van der Waals surface area (Å²) in [6, 6.07) is 3.91. The van der Waals surface area contributed by atoms with E-state index in [9.17, 15) is 8.42 Å². The normalized spacial score (nSPS) is 23.2. The third-order valence-corrected chi connectivity index (χ3v) is 6.63. The monoisotopic (exact) mass is 310 g/mol. The molecule has 1 aliphatic heterocycles. The van der Waals surface area contributed by atoms with E-state index in [1.54, 1.807) is 4.31 Å². The molecule has 21 heavy (non-hydrogen) atoms. The Bertz CT molecular complexity index is 627. The van der Waals surface area contributed by atoms with Crippen molar-refractivity contribution in [3.63, 3.8) is 0 Å². The number of rotatable bonds is 2. The number of hydrogen-bond donors (Lipinski definition) is 1. The molecule has 1 fully saturated rings. The van der Waals surface area contributed by atoms with E-state index in [-0.39, 0.29) is 11.5 Å². The molecule has 0 radical (unpaired) electrons. The average molecular weight is 310 g/mol. The van der Waals surface area contributed by atoms with Crippen LogP contribution in [0.15, 0.2) is 17.0 Å². The Balaban J connectivity index is 2.44. The molecule has 118 valence electrons. The van der Waals surface area contributed by atoms with Crippen molar-refractivity contribution in [2.45, 2.75) is 52.0 Å². The largest absolute Gasteiger partial charge is 0.327 e. The zero-order valence-electron chi connectivity index (χ0n) is 13.6. The molecular weight excluding hydrogens is 284 g/mol. The highest BCUT2D eigenvalue weighted by Gasteiger charge is 2.39. The fourth-order valence-electron chi connectivity index (χ4n) is 3.23. The van der Waals surface area contributed by atoms with E-state index in [2.05, 4.69) is 0 Å². The lowest BCUT2D eigenvalue weighted by atomic mass is 9.81. The van der Waals surface area contributed by atoms with Crippen molar-refractivity contribution < 1.29 is 8.42 Å². The molecule has 1 aliphatic rings. The second-order valence-corrected chi connectivity index (χ2v) is 8.82. The molecule has 0 aliphatic carbocycles. The van der Waals surface area contributed by atoms with Crippen molar-refractivity contribution in [1.82, 2.24) is 4.31 Å². The summed E-state index contributed by atoms with van der Waals surface area (Å²) in [5, 5.41) is 0. The van der Waals surface area contributed by atoms with Gasteiger partial charge in [0.1, 0.15) is 0 Å². The van der Waals surface area contributed by atoms with Crippen molar-refractivity contribution in [2.24, 2.45) is 11.1 Å². The zero-order valence-corrected chi connectivity index (χ0v) is 14.4. The third-order valence-electron chi connectivity index (χ3n) is 4.48. The number of nitrogens with two attached hydrogens (primary N) is 1. The van der Waals surface area contributed by atoms with Gasteiger partial charge in [0, 0.05) is 19.1 Å². The first-order valence-corrected chi connectivity index (χ1v) is 8.83. The second-order valence-electron chi connectivity index (χ2n) is 6.95. The van der Waals surface area contributed by atoms with Crippen LogP contribution in [-0.2, 0) is 10.0 Å². The second kappa shape index (κ2) is 5.38. The first-order chi connectivity index (χ1) is 9.55. The predicted octanol–water partition coefficient (Wildman–Crippen LogP) is 2.36. The molecule has 0 saturated carbocycles. The highest BCUT2D eigenvalue weighted by atomic mass is 32.2. The number of piperidine rings is 1. The lowest BCUT2D eigenvalue weighted by Gasteiger charge is -2.42. The summed E-state index contributed by atoms with van der Waals surface area (Å²) < 4.78 is 27.6. The summed E-state index contributed by atoms with van der Waals surface area (Å²) in [7, 11) is -3.46. The standard InChI is InChI=1S/C16H26N2O2S/c1-11-8-12(2)15(13(3)9-11)21(19,20)18-7-6-14(17)16(4,5)10-18/h8-9,14H,6-7,10,17H2,1-5H3. The Morgan fingerprint density at radius 3 is 2.19 bits per heavy atom. The van der Waals surface area contributed by atoms with Crippen LogP contribution in [0.5, 0.6) is 0 Å².